The highest BCUT2D eigenvalue weighted by atomic mass is 32.2. The molecular formula is C22H23FN4O3S. The van der Waals surface area contributed by atoms with Crippen LogP contribution in [0.2, 0.25) is 0 Å². The molecule has 31 heavy (non-hydrogen) atoms. The van der Waals surface area contributed by atoms with Crippen LogP contribution in [0.3, 0.4) is 0 Å². The minimum Gasteiger partial charge on any atom is -0.384 e. The fourth-order valence-electron chi connectivity index (χ4n) is 3.45. The van der Waals surface area contributed by atoms with E-state index in [0.717, 1.165) is 12.1 Å². The van der Waals surface area contributed by atoms with Crippen LogP contribution in [0.25, 0.3) is 22.2 Å². The number of sulfone groups is 1. The first-order valence-corrected chi connectivity index (χ1v) is 11.4. The standard InChI is InChI=1S/C22H23FN4O3S/c1-14(2)30-13-5-12-27-21(24)20(31(28,29)16-10-8-15(23)9-11-16)19-22(27)26-18-7-4-3-6-17(18)25-19/h3-4,6-11,14H,5,12-13,24H2,1-2H3. The molecule has 2 heterocycles. The zero-order valence-electron chi connectivity index (χ0n) is 17.2. The number of nitrogen functional groups attached to an aromatic ring is 1. The second-order valence-electron chi connectivity index (χ2n) is 7.48. The molecule has 0 aliphatic carbocycles. The van der Waals surface area contributed by atoms with Crippen molar-refractivity contribution < 1.29 is 17.5 Å². The summed E-state index contributed by atoms with van der Waals surface area (Å²) >= 11 is 0. The molecule has 0 aliphatic heterocycles. The van der Waals surface area contributed by atoms with Crippen molar-refractivity contribution in [2.75, 3.05) is 12.3 Å². The summed E-state index contributed by atoms with van der Waals surface area (Å²) in [6.07, 6.45) is 0.716. The quantitative estimate of drug-likeness (QED) is 0.344. The molecular weight excluding hydrogens is 419 g/mol. The first-order chi connectivity index (χ1) is 14.8. The van der Waals surface area contributed by atoms with Crippen molar-refractivity contribution >= 4 is 37.9 Å². The van der Waals surface area contributed by atoms with Crippen molar-refractivity contribution in [3.05, 3.63) is 54.3 Å². The first kappa shape index (κ1) is 21.2. The third-order valence-corrected chi connectivity index (χ3v) is 6.75. The van der Waals surface area contributed by atoms with Crippen molar-refractivity contribution in [1.29, 1.82) is 0 Å². The molecule has 2 N–H and O–H groups in total. The Labute approximate surface area is 179 Å². The maximum absolute atomic E-state index is 13.4. The van der Waals surface area contributed by atoms with Crippen LogP contribution in [0.4, 0.5) is 10.2 Å². The molecule has 7 nitrogen and oxygen atoms in total. The van der Waals surface area contributed by atoms with E-state index in [9.17, 15) is 12.8 Å². The van der Waals surface area contributed by atoms with Gasteiger partial charge in [-0.15, -0.1) is 0 Å². The van der Waals surface area contributed by atoms with E-state index in [1.54, 1.807) is 16.7 Å². The van der Waals surface area contributed by atoms with Crippen LogP contribution < -0.4 is 5.73 Å². The number of aryl methyl sites for hydroxylation is 1. The second-order valence-corrected chi connectivity index (χ2v) is 9.37. The van der Waals surface area contributed by atoms with Crippen molar-refractivity contribution in [2.45, 2.75) is 42.7 Å². The number of halogens is 1. The normalized spacial score (nSPS) is 12.3. The van der Waals surface area contributed by atoms with Gasteiger partial charge < -0.3 is 15.0 Å². The summed E-state index contributed by atoms with van der Waals surface area (Å²) in [4.78, 5) is 9.06. The number of aromatic nitrogens is 3. The van der Waals surface area contributed by atoms with Gasteiger partial charge in [0.05, 0.1) is 22.0 Å². The number of hydrogen-bond acceptors (Lipinski definition) is 6. The van der Waals surface area contributed by atoms with Crippen LogP contribution in [0.15, 0.2) is 58.3 Å². The Balaban J connectivity index is 1.90. The van der Waals surface area contributed by atoms with E-state index < -0.39 is 15.7 Å². The minimum absolute atomic E-state index is 0.0548. The van der Waals surface area contributed by atoms with E-state index in [-0.39, 0.29) is 27.2 Å². The number of anilines is 1. The number of benzene rings is 2. The van der Waals surface area contributed by atoms with Crippen molar-refractivity contribution in [3.8, 4) is 0 Å². The topological polar surface area (TPSA) is 100 Å². The van der Waals surface area contributed by atoms with Gasteiger partial charge in [0.25, 0.3) is 0 Å². The number of rotatable bonds is 7. The van der Waals surface area contributed by atoms with Gasteiger partial charge in [-0.05, 0) is 56.7 Å². The number of hydrogen-bond donors (Lipinski definition) is 1. The molecule has 0 bridgehead atoms. The zero-order valence-corrected chi connectivity index (χ0v) is 18.1. The van der Waals surface area contributed by atoms with Crippen LogP contribution in [0, 0.1) is 5.82 Å². The molecule has 0 saturated heterocycles. The van der Waals surface area contributed by atoms with E-state index in [1.807, 2.05) is 26.0 Å². The third kappa shape index (κ3) is 3.98. The average molecular weight is 443 g/mol. The SMILES string of the molecule is CC(C)OCCCn1c(N)c(S(=O)(=O)c2ccc(F)cc2)c2nc3ccccc3nc21. The maximum atomic E-state index is 13.4. The van der Waals surface area contributed by atoms with E-state index in [4.69, 9.17) is 10.5 Å². The second kappa shape index (κ2) is 8.24. The van der Waals surface area contributed by atoms with E-state index in [0.29, 0.717) is 36.3 Å². The largest absolute Gasteiger partial charge is 0.384 e. The molecule has 0 aliphatic rings. The Bertz CT molecular complexity index is 1350. The lowest BCUT2D eigenvalue weighted by atomic mass is 10.3. The van der Waals surface area contributed by atoms with E-state index in [2.05, 4.69) is 9.97 Å². The van der Waals surface area contributed by atoms with E-state index in [1.165, 1.54) is 12.1 Å². The van der Waals surface area contributed by atoms with Gasteiger partial charge in [0.2, 0.25) is 9.84 Å². The summed E-state index contributed by atoms with van der Waals surface area (Å²) in [7, 11) is -4.05. The highest BCUT2D eigenvalue weighted by Gasteiger charge is 2.30. The van der Waals surface area contributed by atoms with Gasteiger partial charge in [0, 0.05) is 13.2 Å². The molecule has 2 aromatic heterocycles. The van der Waals surface area contributed by atoms with Gasteiger partial charge in [-0.3, -0.25) is 0 Å². The number of nitrogens with two attached hydrogens (primary N) is 1. The van der Waals surface area contributed by atoms with Crippen LogP contribution >= 0.6 is 0 Å². The van der Waals surface area contributed by atoms with Gasteiger partial charge in [0.1, 0.15) is 22.0 Å². The number of para-hydroxylation sites is 2. The Morgan fingerprint density at radius 1 is 1.06 bits per heavy atom. The lowest BCUT2D eigenvalue weighted by Gasteiger charge is -2.10. The summed E-state index contributed by atoms with van der Waals surface area (Å²) in [6.45, 7) is 4.81. The maximum Gasteiger partial charge on any atom is 0.212 e. The molecule has 4 aromatic rings. The molecule has 0 spiro atoms. The molecule has 162 valence electrons. The van der Waals surface area contributed by atoms with Crippen LogP contribution in [-0.2, 0) is 21.1 Å². The molecule has 2 aromatic carbocycles. The molecule has 9 heteroatoms. The van der Waals surface area contributed by atoms with Crippen LogP contribution in [0.5, 0.6) is 0 Å². The molecule has 0 unspecified atom stereocenters. The summed E-state index contributed by atoms with van der Waals surface area (Å²) < 4.78 is 47.5. The highest BCUT2D eigenvalue weighted by Crippen LogP contribution is 2.35. The van der Waals surface area contributed by atoms with Gasteiger partial charge in [0.15, 0.2) is 5.65 Å². The Morgan fingerprint density at radius 2 is 1.71 bits per heavy atom. The summed E-state index contributed by atoms with van der Waals surface area (Å²) in [6, 6.07) is 11.9. The molecule has 4 rings (SSSR count). The fourth-order valence-corrected chi connectivity index (χ4v) is 4.96. The Morgan fingerprint density at radius 3 is 2.35 bits per heavy atom. The number of ether oxygens (including phenoxy) is 1. The monoisotopic (exact) mass is 442 g/mol. The smallest absolute Gasteiger partial charge is 0.212 e. The Hall–Kier alpha value is -3.04. The van der Waals surface area contributed by atoms with Crippen LogP contribution in [0.1, 0.15) is 20.3 Å². The third-order valence-electron chi connectivity index (χ3n) is 4.92. The summed E-state index contributed by atoms with van der Waals surface area (Å²) in [5, 5.41) is 0. The molecule has 0 amide bonds. The lowest BCUT2D eigenvalue weighted by molar-refractivity contribution is 0.0751. The lowest BCUT2D eigenvalue weighted by Crippen LogP contribution is -2.11. The Kier molecular flexibility index (Phi) is 5.63. The van der Waals surface area contributed by atoms with Gasteiger partial charge >= 0.3 is 0 Å². The zero-order chi connectivity index (χ0) is 22.2. The number of fused-ring (bicyclic) bond motifs is 2. The van der Waals surface area contributed by atoms with E-state index >= 15 is 0 Å². The minimum atomic E-state index is -4.05. The van der Waals surface area contributed by atoms with Gasteiger partial charge in [-0.25, -0.2) is 22.8 Å². The average Bonchev–Trinajstić information content (AvgIpc) is 3.00. The summed E-state index contributed by atoms with van der Waals surface area (Å²) in [5.74, 6) is -0.468. The van der Waals surface area contributed by atoms with Gasteiger partial charge in [-0.2, -0.15) is 0 Å². The predicted molar refractivity (Wildman–Crippen MR) is 117 cm³/mol. The van der Waals surface area contributed by atoms with Crippen molar-refractivity contribution in [3.63, 3.8) is 0 Å². The first-order valence-electron chi connectivity index (χ1n) is 9.95. The summed E-state index contributed by atoms with van der Waals surface area (Å²) in [5.41, 5.74) is 8.15. The molecule has 0 radical (unpaired) electrons. The highest BCUT2D eigenvalue weighted by molar-refractivity contribution is 7.92. The predicted octanol–water partition coefficient (Wildman–Crippen LogP) is 3.95. The molecule has 0 saturated carbocycles. The van der Waals surface area contributed by atoms with Crippen molar-refractivity contribution in [1.82, 2.24) is 14.5 Å². The van der Waals surface area contributed by atoms with Crippen LogP contribution in [-0.4, -0.2) is 35.7 Å². The van der Waals surface area contributed by atoms with Gasteiger partial charge in [-0.1, -0.05) is 12.1 Å². The fraction of sp³-hybridized carbons (Fsp3) is 0.273. The molecule has 0 fully saturated rings. The molecule has 0 atom stereocenters. The van der Waals surface area contributed by atoms with Crippen molar-refractivity contribution in [2.24, 2.45) is 0 Å². The number of nitrogens with zero attached hydrogens (tertiary/aromatic N) is 3.